The Bertz CT molecular complexity index is 1610. The number of ether oxygens (including phenoxy) is 2. The lowest BCUT2D eigenvalue weighted by Crippen LogP contribution is -2.37. The van der Waals surface area contributed by atoms with Crippen LogP contribution in [0.3, 0.4) is 0 Å². The lowest BCUT2D eigenvalue weighted by molar-refractivity contribution is 0.0358. The number of aromatic amines is 1. The second kappa shape index (κ2) is 15.2. The van der Waals surface area contributed by atoms with Crippen LogP contribution in [-0.2, 0) is 17.8 Å². The number of H-pyrrole nitrogens is 1. The van der Waals surface area contributed by atoms with Crippen LogP contribution < -0.4 is 26.4 Å². The fourth-order valence-electron chi connectivity index (χ4n) is 5.07. The van der Waals surface area contributed by atoms with Crippen LogP contribution in [0.4, 0.5) is 10.7 Å². The molecular weight excluding hydrogens is 578 g/mol. The third kappa shape index (κ3) is 8.58. The van der Waals surface area contributed by atoms with Crippen LogP contribution in [0.2, 0.25) is 0 Å². The number of benzene rings is 2. The number of primary amides is 1. The molecule has 6 N–H and O–H groups in total. The summed E-state index contributed by atoms with van der Waals surface area (Å²) in [6.45, 7) is 7.41. The number of fused-ring (bicyclic) bond motifs is 1. The molecule has 2 aromatic carbocycles. The Kier molecular flexibility index (Phi) is 10.6. The SMILES string of the molecule is Cc1cc(C(=O)Nc2nc3cc(C(N)=O)cc(OCCCN4CCOCC4)c3n2CCCNC(=O)NCc2ccccc2)n[nH]1. The third-order valence-corrected chi connectivity index (χ3v) is 7.38. The highest BCUT2D eigenvalue weighted by Gasteiger charge is 2.21. The summed E-state index contributed by atoms with van der Waals surface area (Å²) in [7, 11) is 0. The monoisotopic (exact) mass is 617 g/mol. The van der Waals surface area contributed by atoms with E-state index in [4.69, 9.17) is 15.2 Å². The zero-order chi connectivity index (χ0) is 31.6. The molecule has 1 aliphatic rings. The summed E-state index contributed by atoms with van der Waals surface area (Å²) in [5.74, 6) is -0.380. The van der Waals surface area contributed by atoms with Gasteiger partial charge >= 0.3 is 6.03 Å². The Morgan fingerprint density at radius 3 is 2.58 bits per heavy atom. The van der Waals surface area contributed by atoms with Gasteiger partial charge in [0.15, 0.2) is 5.69 Å². The van der Waals surface area contributed by atoms with Gasteiger partial charge in [-0.25, -0.2) is 9.78 Å². The zero-order valence-corrected chi connectivity index (χ0v) is 25.3. The molecule has 4 aromatic rings. The largest absolute Gasteiger partial charge is 0.491 e. The van der Waals surface area contributed by atoms with Crippen LogP contribution >= 0.6 is 0 Å². The fraction of sp³-hybridized carbons (Fsp3) is 0.387. The molecule has 1 fully saturated rings. The van der Waals surface area contributed by atoms with E-state index >= 15 is 0 Å². The Morgan fingerprint density at radius 1 is 1.04 bits per heavy atom. The molecule has 14 heteroatoms. The van der Waals surface area contributed by atoms with Gasteiger partial charge in [-0.1, -0.05) is 30.3 Å². The van der Waals surface area contributed by atoms with E-state index < -0.39 is 11.8 Å². The molecule has 3 heterocycles. The van der Waals surface area contributed by atoms with Gasteiger partial charge in [0, 0.05) is 50.5 Å². The number of nitrogens with two attached hydrogens (primary N) is 1. The number of urea groups is 1. The van der Waals surface area contributed by atoms with Crippen LogP contribution in [0, 0.1) is 6.92 Å². The summed E-state index contributed by atoms with van der Waals surface area (Å²) in [6, 6.07) is 14.2. The molecule has 45 heavy (non-hydrogen) atoms. The molecule has 5 rings (SSSR count). The van der Waals surface area contributed by atoms with Crippen LogP contribution in [0.1, 0.15) is 44.9 Å². The summed E-state index contributed by atoms with van der Waals surface area (Å²) >= 11 is 0. The van der Waals surface area contributed by atoms with Gasteiger partial charge in [0.25, 0.3) is 5.91 Å². The molecular formula is C31H39N9O5. The molecule has 2 aromatic heterocycles. The van der Waals surface area contributed by atoms with Crippen molar-refractivity contribution >= 4 is 34.8 Å². The number of nitrogens with zero attached hydrogens (tertiary/aromatic N) is 4. The van der Waals surface area contributed by atoms with Gasteiger partial charge in [-0.3, -0.25) is 24.9 Å². The van der Waals surface area contributed by atoms with E-state index in [9.17, 15) is 14.4 Å². The van der Waals surface area contributed by atoms with Gasteiger partial charge in [0.1, 0.15) is 11.3 Å². The minimum Gasteiger partial charge on any atom is -0.491 e. The molecule has 1 aliphatic heterocycles. The lowest BCUT2D eigenvalue weighted by Gasteiger charge is -2.26. The molecule has 1 saturated heterocycles. The maximum Gasteiger partial charge on any atom is 0.315 e. The number of amides is 4. The van der Waals surface area contributed by atoms with E-state index in [1.807, 2.05) is 34.9 Å². The lowest BCUT2D eigenvalue weighted by atomic mass is 10.1. The van der Waals surface area contributed by atoms with Gasteiger partial charge < -0.3 is 30.4 Å². The average Bonchev–Trinajstić information content (AvgIpc) is 3.64. The Balaban J connectivity index is 1.32. The van der Waals surface area contributed by atoms with Gasteiger partial charge in [0.2, 0.25) is 11.9 Å². The van der Waals surface area contributed by atoms with Crippen molar-refractivity contribution in [1.29, 1.82) is 0 Å². The maximum absolute atomic E-state index is 13.1. The molecule has 0 saturated carbocycles. The molecule has 14 nitrogen and oxygen atoms in total. The van der Waals surface area contributed by atoms with Crippen molar-refractivity contribution in [3.63, 3.8) is 0 Å². The number of morpholine rings is 1. The van der Waals surface area contributed by atoms with Crippen LogP contribution in [0.5, 0.6) is 5.75 Å². The van der Waals surface area contributed by atoms with E-state index in [0.29, 0.717) is 49.4 Å². The van der Waals surface area contributed by atoms with Crippen molar-refractivity contribution in [1.82, 2.24) is 35.3 Å². The van der Waals surface area contributed by atoms with Crippen molar-refractivity contribution in [3.05, 3.63) is 71.0 Å². The highest BCUT2D eigenvalue weighted by molar-refractivity contribution is 6.04. The van der Waals surface area contributed by atoms with Crippen LogP contribution in [-0.4, -0.2) is 88.5 Å². The molecule has 0 unspecified atom stereocenters. The number of hydrogen-bond acceptors (Lipinski definition) is 8. The van der Waals surface area contributed by atoms with Crippen molar-refractivity contribution in [2.75, 3.05) is 51.3 Å². The van der Waals surface area contributed by atoms with E-state index in [1.54, 1.807) is 25.1 Å². The summed E-state index contributed by atoms with van der Waals surface area (Å²) in [5, 5.41) is 15.4. The quantitative estimate of drug-likeness (QED) is 0.134. The number of imidazole rings is 1. The summed E-state index contributed by atoms with van der Waals surface area (Å²) in [5.41, 5.74) is 8.88. The Labute approximate surface area is 260 Å². The summed E-state index contributed by atoms with van der Waals surface area (Å²) in [4.78, 5) is 44.6. The van der Waals surface area contributed by atoms with Gasteiger partial charge in [0.05, 0.1) is 25.3 Å². The van der Waals surface area contributed by atoms with Gasteiger partial charge in [-0.2, -0.15) is 5.10 Å². The molecule has 0 radical (unpaired) electrons. The third-order valence-electron chi connectivity index (χ3n) is 7.38. The molecule has 0 spiro atoms. The molecule has 238 valence electrons. The second-order valence-electron chi connectivity index (χ2n) is 10.8. The first-order chi connectivity index (χ1) is 21.9. The zero-order valence-electron chi connectivity index (χ0n) is 25.3. The second-order valence-corrected chi connectivity index (χ2v) is 10.8. The van der Waals surface area contributed by atoms with Gasteiger partial charge in [-0.05, 0) is 43.5 Å². The molecule has 0 aliphatic carbocycles. The number of hydrogen-bond donors (Lipinski definition) is 5. The number of aromatic nitrogens is 4. The van der Waals surface area contributed by atoms with Crippen molar-refractivity contribution in [3.8, 4) is 5.75 Å². The predicted molar refractivity (Wildman–Crippen MR) is 168 cm³/mol. The number of rotatable bonds is 14. The number of nitrogens with one attached hydrogen (secondary N) is 4. The van der Waals surface area contributed by atoms with Crippen LogP contribution in [0.15, 0.2) is 48.5 Å². The van der Waals surface area contributed by atoms with E-state index in [1.165, 1.54) is 0 Å². The highest BCUT2D eigenvalue weighted by Crippen LogP contribution is 2.31. The van der Waals surface area contributed by atoms with E-state index in [-0.39, 0.29) is 23.2 Å². The van der Waals surface area contributed by atoms with E-state index in [0.717, 1.165) is 50.5 Å². The topological polar surface area (TPSA) is 182 Å². The standard InChI is InChI=1S/C31H39N9O5/c1-21-17-25(38-37-21)29(42)36-30-35-24-18-23(28(32)41)19-26(45-14-6-10-39-12-15-44-16-13-39)27(24)40(30)11-5-9-33-31(43)34-20-22-7-3-2-4-8-22/h2-4,7-8,17-19H,5-6,9-16,20H2,1H3,(H2,32,41)(H,37,38)(H2,33,34,43)(H,35,36,42). The van der Waals surface area contributed by atoms with Crippen molar-refractivity contribution in [2.45, 2.75) is 32.9 Å². The average molecular weight is 618 g/mol. The number of aryl methyl sites for hydroxylation is 2. The van der Waals surface area contributed by atoms with Crippen molar-refractivity contribution in [2.24, 2.45) is 5.73 Å². The first-order valence-electron chi connectivity index (χ1n) is 15.0. The van der Waals surface area contributed by atoms with E-state index in [2.05, 4.69) is 36.0 Å². The first kappa shape index (κ1) is 31.5. The van der Waals surface area contributed by atoms with Gasteiger partial charge in [-0.15, -0.1) is 0 Å². The highest BCUT2D eigenvalue weighted by atomic mass is 16.5. The Morgan fingerprint density at radius 2 is 1.84 bits per heavy atom. The maximum atomic E-state index is 13.1. The fourth-order valence-corrected chi connectivity index (χ4v) is 5.07. The number of carbonyl (C=O) groups is 3. The smallest absolute Gasteiger partial charge is 0.315 e. The predicted octanol–water partition coefficient (Wildman–Crippen LogP) is 2.41. The number of carbonyl (C=O) groups excluding carboxylic acids is 3. The molecule has 4 amide bonds. The minimum atomic E-state index is -0.618. The van der Waals surface area contributed by atoms with Crippen LogP contribution in [0.25, 0.3) is 11.0 Å². The van der Waals surface area contributed by atoms with Crippen molar-refractivity contribution < 1.29 is 23.9 Å². The summed E-state index contributed by atoms with van der Waals surface area (Å²) in [6.07, 6.45) is 1.28. The molecule has 0 bridgehead atoms. The molecule has 0 atom stereocenters. The summed E-state index contributed by atoms with van der Waals surface area (Å²) < 4.78 is 13.5. The normalized spacial score (nSPS) is 13.4. The number of anilines is 1. The first-order valence-corrected chi connectivity index (χ1v) is 15.0. The minimum absolute atomic E-state index is 0.209. The Hall–Kier alpha value is -4.95.